The summed E-state index contributed by atoms with van der Waals surface area (Å²) in [4.78, 5) is 12.0. The van der Waals surface area contributed by atoms with Crippen LogP contribution in [0.4, 0.5) is 0 Å². The fraction of sp³-hybridized carbons (Fsp3) is 0.533. The van der Waals surface area contributed by atoms with E-state index in [2.05, 4.69) is 5.32 Å². The van der Waals surface area contributed by atoms with Crippen molar-refractivity contribution in [2.75, 3.05) is 27.4 Å². The van der Waals surface area contributed by atoms with Crippen LogP contribution in [0.2, 0.25) is 0 Å². The van der Waals surface area contributed by atoms with E-state index in [0.717, 1.165) is 31.6 Å². The van der Waals surface area contributed by atoms with Crippen molar-refractivity contribution >= 4 is 5.91 Å². The van der Waals surface area contributed by atoms with Crippen molar-refractivity contribution < 1.29 is 19.0 Å². The second kappa shape index (κ2) is 7.14. The topological polar surface area (TPSA) is 56.8 Å². The molecule has 20 heavy (non-hydrogen) atoms. The summed E-state index contributed by atoms with van der Waals surface area (Å²) < 4.78 is 15.7. The summed E-state index contributed by atoms with van der Waals surface area (Å²) in [5.74, 6) is 1.34. The molecule has 0 unspecified atom stereocenters. The van der Waals surface area contributed by atoms with Gasteiger partial charge in [-0.25, -0.2) is 0 Å². The third kappa shape index (κ3) is 3.87. The summed E-state index contributed by atoms with van der Waals surface area (Å²) in [5, 5.41) is 3.04. The van der Waals surface area contributed by atoms with Gasteiger partial charge in [0, 0.05) is 19.3 Å². The standard InChI is InChI=1S/C15H21NO4/c1-18-13-4-3-11(9-14(13)19-2)10-15(17)16-12-5-7-20-8-6-12/h3-4,9,12H,5-8,10H2,1-2H3,(H,16,17). The van der Waals surface area contributed by atoms with Gasteiger partial charge < -0.3 is 19.5 Å². The molecule has 0 atom stereocenters. The molecule has 2 rings (SSSR count). The van der Waals surface area contributed by atoms with E-state index in [1.165, 1.54) is 0 Å². The highest BCUT2D eigenvalue weighted by molar-refractivity contribution is 5.79. The van der Waals surface area contributed by atoms with Crippen molar-refractivity contribution in [3.8, 4) is 11.5 Å². The zero-order valence-electron chi connectivity index (χ0n) is 12.0. The quantitative estimate of drug-likeness (QED) is 0.888. The summed E-state index contributed by atoms with van der Waals surface area (Å²) >= 11 is 0. The number of methoxy groups -OCH3 is 2. The molecule has 0 saturated carbocycles. The SMILES string of the molecule is COc1ccc(CC(=O)NC2CCOCC2)cc1OC. The number of nitrogens with one attached hydrogen (secondary N) is 1. The smallest absolute Gasteiger partial charge is 0.224 e. The van der Waals surface area contributed by atoms with Crippen molar-refractivity contribution in [3.05, 3.63) is 23.8 Å². The summed E-state index contributed by atoms with van der Waals surface area (Å²) in [6.07, 6.45) is 2.12. The van der Waals surface area contributed by atoms with E-state index in [9.17, 15) is 4.79 Å². The molecule has 1 N–H and O–H groups in total. The summed E-state index contributed by atoms with van der Waals surface area (Å²) in [6.45, 7) is 1.45. The van der Waals surface area contributed by atoms with Crippen LogP contribution < -0.4 is 14.8 Å². The Bertz CT molecular complexity index is 455. The Labute approximate surface area is 119 Å². The monoisotopic (exact) mass is 279 g/mol. The highest BCUT2D eigenvalue weighted by atomic mass is 16.5. The maximum absolute atomic E-state index is 12.0. The van der Waals surface area contributed by atoms with Crippen LogP contribution in [0.25, 0.3) is 0 Å². The number of amides is 1. The molecule has 0 aliphatic carbocycles. The third-order valence-corrected chi connectivity index (χ3v) is 3.40. The molecule has 1 aromatic carbocycles. The molecule has 0 spiro atoms. The summed E-state index contributed by atoms with van der Waals surface area (Å²) in [6, 6.07) is 5.76. The van der Waals surface area contributed by atoms with Gasteiger partial charge in [0.2, 0.25) is 5.91 Å². The van der Waals surface area contributed by atoms with Crippen molar-refractivity contribution in [1.82, 2.24) is 5.32 Å². The Morgan fingerprint density at radius 3 is 2.60 bits per heavy atom. The lowest BCUT2D eigenvalue weighted by Gasteiger charge is -2.23. The molecule has 0 bridgehead atoms. The average molecular weight is 279 g/mol. The van der Waals surface area contributed by atoms with E-state index >= 15 is 0 Å². The molecule has 1 aliphatic heterocycles. The summed E-state index contributed by atoms with van der Waals surface area (Å²) in [5.41, 5.74) is 0.909. The van der Waals surface area contributed by atoms with E-state index < -0.39 is 0 Å². The third-order valence-electron chi connectivity index (χ3n) is 3.40. The van der Waals surface area contributed by atoms with E-state index in [4.69, 9.17) is 14.2 Å². The Morgan fingerprint density at radius 1 is 1.25 bits per heavy atom. The Kier molecular flexibility index (Phi) is 5.24. The predicted molar refractivity (Wildman–Crippen MR) is 75.2 cm³/mol. The number of carbonyl (C=O) groups is 1. The molecule has 1 aromatic rings. The first kappa shape index (κ1) is 14.7. The second-order valence-corrected chi connectivity index (χ2v) is 4.82. The van der Waals surface area contributed by atoms with Crippen LogP contribution in [0.15, 0.2) is 18.2 Å². The number of ether oxygens (including phenoxy) is 3. The lowest BCUT2D eigenvalue weighted by atomic mass is 10.1. The molecular formula is C15H21NO4. The molecule has 1 saturated heterocycles. The van der Waals surface area contributed by atoms with E-state index in [-0.39, 0.29) is 11.9 Å². The van der Waals surface area contributed by atoms with Crippen molar-refractivity contribution in [3.63, 3.8) is 0 Å². The number of hydrogen-bond donors (Lipinski definition) is 1. The molecule has 5 nitrogen and oxygen atoms in total. The fourth-order valence-corrected chi connectivity index (χ4v) is 2.30. The Morgan fingerprint density at radius 2 is 1.95 bits per heavy atom. The second-order valence-electron chi connectivity index (χ2n) is 4.82. The van der Waals surface area contributed by atoms with Crippen LogP contribution >= 0.6 is 0 Å². The molecule has 1 heterocycles. The van der Waals surface area contributed by atoms with Gasteiger partial charge in [-0.1, -0.05) is 6.07 Å². The minimum absolute atomic E-state index is 0.0316. The molecule has 1 amide bonds. The van der Waals surface area contributed by atoms with Gasteiger partial charge in [0.05, 0.1) is 20.6 Å². The van der Waals surface area contributed by atoms with Crippen LogP contribution in [0.1, 0.15) is 18.4 Å². The Balaban J connectivity index is 1.93. The highest BCUT2D eigenvalue weighted by Gasteiger charge is 2.16. The van der Waals surface area contributed by atoms with Crippen LogP contribution in [-0.2, 0) is 16.0 Å². The normalized spacial score (nSPS) is 15.7. The first-order valence-electron chi connectivity index (χ1n) is 6.81. The fourth-order valence-electron chi connectivity index (χ4n) is 2.30. The van der Waals surface area contributed by atoms with Gasteiger partial charge >= 0.3 is 0 Å². The van der Waals surface area contributed by atoms with Crippen molar-refractivity contribution in [1.29, 1.82) is 0 Å². The van der Waals surface area contributed by atoms with Crippen molar-refractivity contribution in [2.24, 2.45) is 0 Å². The zero-order valence-corrected chi connectivity index (χ0v) is 12.0. The maximum atomic E-state index is 12.0. The lowest BCUT2D eigenvalue weighted by Crippen LogP contribution is -2.39. The average Bonchev–Trinajstić information content (AvgIpc) is 2.48. The molecule has 1 fully saturated rings. The molecule has 110 valence electrons. The van der Waals surface area contributed by atoms with Gasteiger partial charge in [-0.3, -0.25) is 4.79 Å². The van der Waals surface area contributed by atoms with Crippen LogP contribution in [-0.4, -0.2) is 39.4 Å². The predicted octanol–water partition coefficient (Wildman–Crippen LogP) is 1.54. The molecule has 0 radical (unpaired) electrons. The molecule has 1 aliphatic rings. The highest BCUT2D eigenvalue weighted by Crippen LogP contribution is 2.27. The van der Waals surface area contributed by atoms with Crippen LogP contribution in [0.3, 0.4) is 0 Å². The number of hydrogen-bond acceptors (Lipinski definition) is 4. The van der Waals surface area contributed by atoms with Gasteiger partial charge in [-0.15, -0.1) is 0 Å². The summed E-state index contributed by atoms with van der Waals surface area (Å²) in [7, 11) is 3.18. The maximum Gasteiger partial charge on any atom is 0.224 e. The van der Waals surface area contributed by atoms with E-state index in [0.29, 0.717) is 17.9 Å². The Hall–Kier alpha value is -1.75. The largest absolute Gasteiger partial charge is 0.493 e. The van der Waals surface area contributed by atoms with Gasteiger partial charge in [-0.05, 0) is 30.5 Å². The van der Waals surface area contributed by atoms with Crippen LogP contribution in [0.5, 0.6) is 11.5 Å². The van der Waals surface area contributed by atoms with Gasteiger partial charge in [0.1, 0.15) is 0 Å². The first-order chi connectivity index (χ1) is 9.72. The van der Waals surface area contributed by atoms with Gasteiger partial charge in [0.15, 0.2) is 11.5 Å². The van der Waals surface area contributed by atoms with Crippen LogP contribution in [0, 0.1) is 0 Å². The van der Waals surface area contributed by atoms with E-state index in [1.807, 2.05) is 18.2 Å². The molecular weight excluding hydrogens is 258 g/mol. The first-order valence-corrected chi connectivity index (χ1v) is 6.81. The van der Waals surface area contributed by atoms with Crippen molar-refractivity contribution in [2.45, 2.75) is 25.3 Å². The minimum Gasteiger partial charge on any atom is -0.493 e. The number of carbonyl (C=O) groups excluding carboxylic acids is 1. The number of benzene rings is 1. The minimum atomic E-state index is 0.0316. The van der Waals surface area contributed by atoms with Gasteiger partial charge in [0.25, 0.3) is 0 Å². The molecule has 5 heteroatoms. The van der Waals surface area contributed by atoms with Gasteiger partial charge in [-0.2, -0.15) is 0 Å². The number of rotatable bonds is 5. The molecule has 0 aromatic heterocycles. The zero-order chi connectivity index (χ0) is 14.4. The lowest BCUT2D eigenvalue weighted by molar-refractivity contribution is -0.121. The van der Waals surface area contributed by atoms with E-state index in [1.54, 1.807) is 14.2 Å².